The summed E-state index contributed by atoms with van der Waals surface area (Å²) in [6, 6.07) is 0. The predicted octanol–water partition coefficient (Wildman–Crippen LogP) is -9.31. The van der Waals surface area contributed by atoms with Gasteiger partial charge in [-0.1, -0.05) is 0 Å². The summed E-state index contributed by atoms with van der Waals surface area (Å²) in [4.78, 5) is 20.5. The molecule has 0 bridgehead atoms. The van der Waals surface area contributed by atoms with Gasteiger partial charge >= 0.3 is 37.7 Å². The number of ether oxygens (including phenoxy) is 2. The Bertz CT molecular complexity index is 460. The Balaban J connectivity index is 0.000000483. The average molecular weight is 426 g/mol. The molecule has 0 aromatic carbocycles. The number of hydrogen-bond donors (Lipinski definition) is 8. The summed E-state index contributed by atoms with van der Waals surface area (Å²) < 4.78 is 8.55. The topological polar surface area (TPSA) is 261 Å². The Morgan fingerprint density at radius 1 is 0.556 bits per heavy atom. The van der Waals surface area contributed by atoms with Crippen LogP contribution in [0.1, 0.15) is 0 Å². The van der Waals surface area contributed by atoms with Gasteiger partial charge in [0.2, 0.25) is 0 Å². The van der Waals surface area contributed by atoms with Crippen molar-refractivity contribution < 1.29 is 70.1 Å². The predicted molar refractivity (Wildman–Crippen MR) is 73.6 cm³/mol. The van der Waals surface area contributed by atoms with Crippen molar-refractivity contribution in [3.05, 3.63) is 0 Å². The van der Waals surface area contributed by atoms with Crippen molar-refractivity contribution >= 4 is 49.7 Å². The first kappa shape index (κ1) is 26.8. The molecule has 2 heterocycles. The molecule has 0 aliphatic carbocycles. The summed E-state index contributed by atoms with van der Waals surface area (Å²) in [5, 5.41) is 92.1. The second-order valence-electron chi connectivity index (χ2n) is 5.48. The van der Waals surface area contributed by atoms with Crippen molar-refractivity contribution in [1.29, 1.82) is 0 Å². The number of carbonyl (C=O) groups is 2. The van der Waals surface area contributed by atoms with Crippen LogP contribution in [0.2, 0.25) is 0 Å². The van der Waals surface area contributed by atoms with Gasteiger partial charge in [0.1, 0.15) is 48.8 Å². The van der Waals surface area contributed by atoms with Crippen LogP contribution < -0.4 is 10.2 Å². The Kier molecular flexibility index (Phi) is 11.0. The number of carboxylic acids is 2. The van der Waals surface area contributed by atoms with Crippen LogP contribution in [0.4, 0.5) is 0 Å². The largest absolute Gasteiger partial charge is 2.00 e. The molecule has 14 nitrogen and oxygen atoms in total. The van der Waals surface area contributed by atoms with Crippen LogP contribution in [-0.4, -0.2) is 152 Å². The number of carbonyl (C=O) groups excluding carboxylic acids is 2. The fourth-order valence-corrected chi connectivity index (χ4v) is 2.11. The van der Waals surface area contributed by atoms with E-state index in [4.69, 9.17) is 40.9 Å². The Morgan fingerprint density at radius 2 is 0.815 bits per heavy atom. The van der Waals surface area contributed by atoms with E-state index in [-0.39, 0.29) is 37.7 Å². The van der Waals surface area contributed by atoms with Crippen molar-refractivity contribution in [2.45, 2.75) is 61.4 Å². The Hall–Kier alpha value is -0.200. The van der Waals surface area contributed by atoms with E-state index in [1.807, 2.05) is 0 Å². The molecule has 2 saturated heterocycles. The van der Waals surface area contributed by atoms with E-state index in [9.17, 15) is 19.8 Å². The molecule has 2 fully saturated rings. The minimum Gasteiger partial charge on any atom is -0.547 e. The first-order valence-electron chi connectivity index (χ1n) is 7.07. The number of rotatable bonds is 2. The van der Waals surface area contributed by atoms with E-state index < -0.39 is 73.4 Å². The van der Waals surface area contributed by atoms with E-state index in [1.54, 1.807) is 0 Å². The first-order valence-corrected chi connectivity index (χ1v) is 7.07. The van der Waals surface area contributed by atoms with Crippen LogP contribution in [0.25, 0.3) is 0 Å². The van der Waals surface area contributed by atoms with E-state index in [0.29, 0.717) is 0 Å². The third kappa shape index (κ3) is 6.40. The molecule has 2 aliphatic heterocycles. The van der Waals surface area contributed by atoms with Crippen LogP contribution in [0.5, 0.6) is 0 Å². The molecule has 8 N–H and O–H groups in total. The molecular formula is C12H18CaO14. The fraction of sp³-hybridized carbons (Fsp3) is 0.833. The van der Waals surface area contributed by atoms with Gasteiger partial charge in [-0.15, -0.1) is 0 Å². The quantitative estimate of drug-likeness (QED) is 0.191. The van der Waals surface area contributed by atoms with Crippen molar-refractivity contribution in [2.75, 3.05) is 0 Å². The van der Waals surface area contributed by atoms with Gasteiger partial charge in [0.25, 0.3) is 0 Å². The minimum absolute atomic E-state index is 0. The molecule has 152 valence electrons. The van der Waals surface area contributed by atoms with Crippen molar-refractivity contribution in [2.24, 2.45) is 0 Å². The molecule has 10 atom stereocenters. The van der Waals surface area contributed by atoms with E-state index in [1.165, 1.54) is 0 Å². The molecule has 0 saturated carbocycles. The summed E-state index contributed by atoms with van der Waals surface area (Å²) in [6.45, 7) is 0. The SMILES string of the molecule is O=C([O-])[C@H]1O[C@@H](O)[C@@H](O)[C@@H](O)[C@@H]1O.O=C([O-])[C@H]1O[C@@H](O)[C@@H](O)[C@@H](O)[C@@H]1O.[Ca+2]. The monoisotopic (exact) mass is 426 g/mol. The van der Waals surface area contributed by atoms with Crippen LogP contribution in [0.15, 0.2) is 0 Å². The molecule has 2 aliphatic rings. The number of carboxylic acid groups (broad SMARTS) is 2. The molecule has 2 rings (SSSR count). The number of hydrogen-bond acceptors (Lipinski definition) is 14. The standard InChI is InChI=1S/2C6H10O7.Ca/c2*7-1-2(8)4(5(10)11)13-6(12)3(1)9;/h2*1-4,6-9,12H,(H,10,11);/q;;+2/p-2/t2*1-,2-,3-,4-,6+;/m00./s1. The second-order valence-corrected chi connectivity index (χ2v) is 5.48. The molecule has 0 amide bonds. The van der Waals surface area contributed by atoms with Gasteiger partial charge in [-0.25, -0.2) is 0 Å². The molecular weight excluding hydrogens is 408 g/mol. The molecule has 27 heavy (non-hydrogen) atoms. The first-order chi connectivity index (χ1) is 11.9. The van der Waals surface area contributed by atoms with E-state index in [2.05, 4.69) is 9.47 Å². The van der Waals surface area contributed by atoms with Crippen LogP contribution in [0, 0.1) is 0 Å². The maximum absolute atomic E-state index is 10.3. The van der Waals surface area contributed by atoms with Gasteiger partial charge in [-0.3, -0.25) is 0 Å². The van der Waals surface area contributed by atoms with Gasteiger partial charge < -0.3 is 70.1 Å². The van der Waals surface area contributed by atoms with Gasteiger partial charge in [-0.2, -0.15) is 0 Å². The van der Waals surface area contributed by atoms with Crippen LogP contribution in [0.3, 0.4) is 0 Å². The molecule has 0 spiro atoms. The number of aliphatic hydroxyl groups excluding tert-OH is 8. The van der Waals surface area contributed by atoms with Gasteiger partial charge in [0.05, 0.1) is 11.9 Å². The van der Waals surface area contributed by atoms with Gasteiger partial charge in [0, 0.05) is 0 Å². The third-order valence-corrected chi connectivity index (χ3v) is 3.64. The molecule has 15 heteroatoms. The second kappa shape index (κ2) is 11.1. The van der Waals surface area contributed by atoms with E-state index in [0.717, 1.165) is 0 Å². The summed E-state index contributed by atoms with van der Waals surface area (Å²) in [5.74, 6) is -3.53. The van der Waals surface area contributed by atoms with Gasteiger partial charge in [0.15, 0.2) is 12.6 Å². The van der Waals surface area contributed by atoms with Crippen molar-refractivity contribution in [3.8, 4) is 0 Å². The van der Waals surface area contributed by atoms with Gasteiger partial charge in [-0.05, 0) is 0 Å². The van der Waals surface area contributed by atoms with Crippen LogP contribution in [-0.2, 0) is 19.1 Å². The van der Waals surface area contributed by atoms with Crippen molar-refractivity contribution in [1.82, 2.24) is 0 Å². The average Bonchev–Trinajstić information content (AvgIpc) is 2.57. The maximum atomic E-state index is 10.3. The molecule has 0 aromatic rings. The summed E-state index contributed by atoms with van der Waals surface area (Å²) in [6.07, 6.45) is -18.0. The summed E-state index contributed by atoms with van der Waals surface area (Å²) in [7, 11) is 0. The number of aliphatic carboxylic acids is 2. The summed E-state index contributed by atoms with van der Waals surface area (Å²) >= 11 is 0. The molecule has 0 radical (unpaired) electrons. The van der Waals surface area contributed by atoms with Crippen LogP contribution >= 0.6 is 0 Å². The fourth-order valence-electron chi connectivity index (χ4n) is 2.11. The Morgan fingerprint density at radius 3 is 1.04 bits per heavy atom. The molecule has 0 unspecified atom stereocenters. The zero-order chi connectivity index (χ0) is 20.3. The maximum Gasteiger partial charge on any atom is 2.00 e. The van der Waals surface area contributed by atoms with E-state index >= 15 is 0 Å². The Labute approximate surface area is 180 Å². The molecule has 0 aromatic heterocycles. The summed E-state index contributed by atoms with van der Waals surface area (Å²) in [5.41, 5.74) is 0. The smallest absolute Gasteiger partial charge is 0.547 e. The third-order valence-electron chi connectivity index (χ3n) is 3.64. The zero-order valence-corrected chi connectivity index (χ0v) is 15.7. The number of aliphatic hydroxyl groups is 8. The minimum atomic E-state index is -1.85. The normalized spacial score (nSPS) is 44.3. The zero-order valence-electron chi connectivity index (χ0n) is 13.5. The van der Waals surface area contributed by atoms with Crippen molar-refractivity contribution in [3.63, 3.8) is 0 Å².